The van der Waals surface area contributed by atoms with Gasteiger partial charge in [0.1, 0.15) is 6.17 Å². The van der Waals surface area contributed by atoms with E-state index in [2.05, 4.69) is 20.7 Å². The second kappa shape index (κ2) is 14.7. The van der Waals surface area contributed by atoms with Gasteiger partial charge in [0.2, 0.25) is 0 Å². The Morgan fingerprint density at radius 3 is 2.64 bits per heavy atom. The third-order valence-electron chi connectivity index (χ3n) is 8.16. The molecule has 220 valence electrons. The molecular weight excluding hydrogens is 513 g/mol. The van der Waals surface area contributed by atoms with Gasteiger partial charge >= 0.3 is 12.1 Å². The van der Waals surface area contributed by atoms with Crippen molar-refractivity contribution in [3.05, 3.63) is 35.4 Å². The predicted octanol–water partition coefficient (Wildman–Crippen LogP) is 4.22. The molecule has 11 heteroatoms. The summed E-state index contributed by atoms with van der Waals surface area (Å²) in [6.45, 7) is 1.40. The summed E-state index contributed by atoms with van der Waals surface area (Å²) in [4.78, 5) is 26.4. The standard InChI is InChI=1S/C28H43F3N4O4/c1-32-17-22(16-19-9-11-21(29)12-10-19)34-26(36)35-15-4-6-20(18-35)28(38,13-5-14-33-27(37)39-2)23-7-3-8-24(30)25(23)31/h3,7-8,19-22,32,38H,4-6,9-18H2,1-2H3,(H,33,37)(H,34,36)/t19-,20-,21-,22+,28+/m1/s1. The number of piperidine rings is 1. The maximum atomic E-state index is 15.0. The van der Waals surface area contributed by atoms with E-state index in [0.717, 1.165) is 25.3 Å². The van der Waals surface area contributed by atoms with Gasteiger partial charge in [-0.1, -0.05) is 12.1 Å². The SMILES string of the molecule is CNC[C@H](C[C@H]1CC[C@H](F)CC1)NC(=O)N1CCC[C@@H]([C@@](O)(CCCNC(=O)OC)c2cccc(F)c2F)C1. The molecule has 1 heterocycles. The first-order valence-electron chi connectivity index (χ1n) is 14.0. The molecule has 0 spiro atoms. The number of alkyl halides is 1. The molecule has 3 rings (SSSR count). The quantitative estimate of drug-likeness (QED) is 0.306. The van der Waals surface area contributed by atoms with Crippen LogP contribution in [0.15, 0.2) is 18.2 Å². The van der Waals surface area contributed by atoms with Crippen molar-refractivity contribution in [3.8, 4) is 0 Å². The van der Waals surface area contributed by atoms with Gasteiger partial charge in [-0.2, -0.15) is 0 Å². The van der Waals surface area contributed by atoms with Crippen LogP contribution in [0.5, 0.6) is 0 Å². The third kappa shape index (κ3) is 8.48. The van der Waals surface area contributed by atoms with Crippen molar-refractivity contribution in [3.63, 3.8) is 0 Å². The van der Waals surface area contributed by atoms with Crippen LogP contribution >= 0.6 is 0 Å². The molecule has 2 aliphatic rings. The van der Waals surface area contributed by atoms with Crippen LogP contribution in [0, 0.1) is 23.5 Å². The summed E-state index contributed by atoms with van der Waals surface area (Å²) in [5.41, 5.74) is -1.90. The van der Waals surface area contributed by atoms with Gasteiger partial charge in [-0.15, -0.1) is 0 Å². The van der Waals surface area contributed by atoms with E-state index >= 15 is 0 Å². The van der Waals surface area contributed by atoms with E-state index in [1.807, 2.05) is 7.05 Å². The molecule has 4 N–H and O–H groups in total. The van der Waals surface area contributed by atoms with Gasteiger partial charge in [0, 0.05) is 43.7 Å². The zero-order chi connectivity index (χ0) is 28.4. The number of rotatable bonds is 11. The maximum absolute atomic E-state index is 15.0. The lowest BCUT2D eigenvalue weighted by Gasteiger charge is -2.43. The number of halogens is 3. The van der Waals surface area contributed by atoms with Crippen molar-refractivity contribution < 1.29 is 32.6 Å². The summed E-state index contributed by atoms with van der Waals surface area (Å²) in [6.07, 6.45) is 3.58. The number of methoxy groups -OCH3 is 1. The molecule has 1 saturated carbocycles. The first kappa shape index (κ1) is 31.0. The summed E-state index contributed by atoms with van der Waals surface area (Å²) >= 11 is 0. The highest BCUT2D eigenvalue weighted by molar-refractivity contribution is 5.74. The van der Waals surface area contributed by atoms with E-state index in [1.54, 1.807) is 4.90 Å². The van der Waals surface area contributed by atoms with Gasteiger partial charge in [0.15, 0.2) is 11.6 Å². The number of carbonyl (C=O) groups excluding carboxylic acids is 2. The molecule has 1 aliphatic heterocycles. The largest absolute Gasteiger partial charge is 0.453 e. The number of aliphatic hydroxyl groups is 1. The Labute approximate surface area is 229 Å². The fraction of sp³-hybridized carbons (Fsp3) is 0.714. The summed E-state index contributed by atoms with van der Waals surface area (Å²) < 4.78 is 47.3. The maximum Gasteiger partial charge on any atom is 0.406 e. The molecule has 1 aliphatic carbocycles. The molecule has 8 nitrogen and oxygen atoms in total. The van der Waals surface area contributed by atoms with Crippen molar-refractivity contribution >= 4 is 12.1 Å². The molecule has 2 fully saturated rings. The molecule has 1 aromatic carbocycles. The molecule has 1 aromatic rings. The summed E-state index contributed by atoms with van der Waals surface area (Å²) in [7, 11) is 3.06. The van der Waals surface area contributed by atoms with Crippen molar-refractivity contribution in [1.29, 1.82) is 0 Å². The zero-order valence-corrected chi connectivity index (χ0v) is 23.0. The average Bonchev–Trinajstić information content (AvgIpc) is 2.93. The molecule has 1 saturated heterocycles. The van der Waals surface area contributed by atoms with Gasteiger partial charge in [0.25, 0.3) is 0 Å². The van der Waals surface area contributed by atoms with Gasteiger partial charge in [0.05, 0.1) is 12.7 Å². The van der Waals surface area contributed by atoms with E-state index in [4.69, 9.17) is 0 Å². The van der Waals surface area contributed by atoms with Gasteiger partial charge in [-0.05, 0) is 76.8 Å². The number of hydrogen-bond donors (Lipinski definition) is 4. The van der Waals surface area contributed by atoms with E-state index < -0.39 is 35.4 Å². The second-order valence-corrected chi connectivity index (χ2v) is 10.9. The first-order valence-corrected chi connectivity index (χ1v) is 14.0. The Kier molecular flexibility index (Phi) is 11.7. The van der Waals surface area contributed by atoms with Crippen LogP contribution in [0.1, 0.15) is 63.4 Å². The van der Waals surface area contributed by atoms with Crippen LogP contribution in [0.3, 0.4) is 0 Å². The summed E-state index contributed by atoms with van der Waals surface area (Å²) in [5, 5.41) is 20.7. The molecule has 39 heavy (non-hydrogen) atoms. The lowest BCUT2D eigenvalue weighted by Crippen LogP contribution is -2.54. The number of urea groups is 1. The normalized spacial score (nSPS) is 23.9. The number of carbonyl (C=O) groups is 2. The van der Waals surface area contributed by atoms with Gasteiger partial charge < -0.3 is 30.7 Å². The van der Waals surface area contributed by atoms with Crippen molar-refractivity contribution in [2.45, 2.75) is 75.6 Å². The Morgan fingerprint density at radius 1 is 1.21 bits per heavy atom. The number of nitrogens with one attached hydrogen (secondary N) is 3. The number of nitrogens with zero attached hydrogens (tertiary/aromatic N) is 1. The third-order valence-corrected chi connectivity index (χ3v) is 8.16. The van der Waals surface area contributed by atoms with Crippen LogP contribution in [0.4, 0.5) is 22.8 Å². The lowest BCUT2D eigenvalue weighted by molar-refractivity contribution is -0.0580. The van der Waals surface area contributed by atoms with E-state index in [0.29, 0.717) is 44.7 Å². The molecule has 3 atom stereocenters. The molecule has 0 radical (unpaired) electrons. The number of hydrogen-bond acceptors (Lipinski definition) is 5. The highest BCUT2D eigenvalue weighted by atomic mass is 19.2. The smallest absolute Gasteiger partial charge is 0.406 e. The van der Waals surface area contributed by atoms with Gasteiger partial charge in [-0.25, -0.2) is 22.8 Å². The highest BCUT2D eigenvalue weighted by Crippen LogP contribution is 2.41. The lowest BCUT2D eigenvalue weighted by atomic mass is 9.74. The Morgan fingerprint density at radius 2 is 1.95 bits per heavy atom. The monoisotopic (exact) mass is 556 g/mol. The number of likely N-dealkylation sites (tertiary alicyclic amines) is 1. The fourth-order valence-corrected chi connectivity index (χ4v) is 6.03. The fourth-order valence-electron chi connectivity index (χ4n) is 6.03. The van der Waals surface area contributed by atoms with Crippen molar-refractivity contribution in [2.24, 2.45) is 11.8 Å². The molecular formula is C28H43F3N4O4. The molecule has 0 bridgehead atoms. The van der Waals surface area contributed by atoms with Crippen LogP contribution in [0.2, 0.25) is 0 Å². The number of amides is 3. The molecule has 0 unspecified atom stereocenters. The van der Waals surface area contributed by atoms with Crippen LogP contribution in [0.25, 0.3) is 0 Å². The van der Waals surface area contributed by atoms with Crippen LogP contribution in [-0.2, 0) is 10.3 Å². The van der Waals surface area contributed by atoms with E-state index in [1.165, 1.54) is 19.2 Å². The Balaban J connectivity index is 1.71. The second-order valence-electron chi connectivity index (χ2n) is 10.9. The number of ether oxygens (including phenoxy) is 1. The molecule has 0 aromatic heterocycles. The number of likely N-dealkylation sites (N-methyl/N-ethyl adjacent to an activating group) is 1. The Bertz CT molecular complexity index is 947. The van der Waals surface area contributed by atoms with E-state index in [9.17, 15) is 27.9 Å². The summed E-state index contributed by atoms with van der Waals surface area (Å²) in [5.74, 6) is -2.36. The van der Waals surface area contributed by atoms with Crippen molar-refractivity contribution in [1.82, 2.24) is 20.9 Å². The zero-order valence-electron chi connectivity index (χ0n) is 23.0. The van der Waals surface area contributed by atoms with E-state index in [-0.39, 0.29) is 43.6 Å². The molecule has 3 amide bonds. The summed E-state index contributed by atoms with van der Waals surface area (Å²) in [6, 6.07) is 3.33. The van der Waals surface area contributed by atoms with Crippen LogP contribution < -0.4 is 16.0 Å². The highest BCUT2D eigenvalue weighted by Gasteiger charge is 2.43. The minimum Gasteiger partial charge on any atom is -0.453 e. The predicted molar refractivity (Wildman–Crippen MR) is 142 cm³/mol. The number of alkyl carbamates (subject to hydrolysis) is 1. The minimum absolute atomic E-state index is 0.0527. The minimum atomic E-state index is -1.75. The number of benzene rings is 1. The van der Waals surface area contributed by atoms with Crippen LogP contribution in [-0.4, -0.2) is 74.7 Å². The Hall–Kier alpha value is -2.53. The average molecular weight is 557 g/mol. The van der Waals surface area contributed by atoms with Crippen molar-refractivity contribution in [2.75, 3.05) is 40.3 Å². The first-order chi connectivity index (χ1) is 18.7. The topological polar surface area (TPSA) is 103 Å². The van der Waals surface area contributed by atoms with Gasteiger partial charge in [-0.3, -0.25) is 0 Å².